The summed E-state index contributed by atoms with van der Waals surface area (Å²) in [5.41, 5.74) is -1.05. The molecule has 0 radical (unpaired) electrons. The van der Waals surface area contributed by atoms with Gasteiger partial charge in [0.1, 0.15) is 41.0 Å². The Kier molecular flexibility index (Phi) is 11.7. The topological polar surface area (TPSA) is 152 Å². The maximum absolute atomic E-state index is 14.6. The van der Waals surface area contributed by atoms with Crippen molar-refractivity contribution in [1.82, 2.24) is 18.9 Å². The molecule has 1 aliphatic rings. The third kappa shape index (κ3) is 8.80. The molecule has 2 aromatic heterocycles. The van der Waals surface area contributed by atoms with Gasteiger partial charge in [-0.3, -0.25) is 14.4 Å². The van der Waals surface area contributed by atoms with Crippen LogP contribution in [0.4, 0.5) is 28.4 Å². The summed E-state index contributed by atoms with van der Waals surface area (Å²) < 4.78 is 55.1. The first-order valence-electron chi connectivity index (χ1n) is 16.3. The number of nitrogens with one attached hydrogen (secondary N) is 1. The molecule has 4 aromatic rings. The second-order valence-electron chi connectivity index (χ2n) is 12.2. The van der Waals surface area contributed by atoms with Crippen molar-refractivity contribution in [3.63, 3.8) is 0 Å². The van der Waals surface area contributed by atoms with Crippen molar-refractivity contribution < 1.29 is 46.9 Å². The van der Waals surface area contributed by atoms with Gasteiger partial charge in [0.25, 0.3) is 11.5 Å². The van der Waals surface area contributed by atoms with Gasteiger partial charge in [0.15, 0.2) is 6.10 Å². The second-order valence-corrected chi connectivity index (χ2v) is 12.2. The summed E-state index contributed by atoms with van der Waals surface area (Å²) in [4.78, 5) is 66.9. The lowest BCUT2D eigenvalue weighted by molar-refractivity contribution is -0.125. The number of hydrogen-bond acceptors (Lipinski definition) is 7. The largest absolute Gasteiger partial charge is 0.486 e. The van der Waals surface area contributed by atoms with Gasteiger partial charge in [0, 0.05) is 56.5 Å². The van der Waals surface area contributed by atoms with Crippen molar-refractivity contribution in [2.45, 2.75) is 44.9 Å². The molecule has 5 rings (SSSR count). The first-order chi connectivity index (χ1) is 24.8. The van der Waals surface area contributed by atoms with Crippen LogP contribution in [0.3, 0.4) is 0 Å². The number of nitrogens with zero attached hydrogens (tertiary/aromatic N) is 4. The lowest BCUT2D eigenvalue weighted by Crippen LogP contribution is -2.37. The van der Waals surface area contributed by atoms with E-state index in [9.17, 15) is 42.3 Å². The van der Waals surface area contributed by atoms with Gasteiger partial charge >= 0.3 is 12.2 Å². The number of rotatable bonds is 12. The quantitative estimate of drug-likeness (QED) is 0.186. The number of ether oxygens (including phenoxy) is 2. The molecule has 274 valence electrons. The average Bonchev–Trinajstić information content (AvgIpc) is 3.76. The Morgan fingerprint density at radius 3 is 2.46 bits per heavy atom. The molecule has 1 aliphatic heterocycles. The fourth-order valence-corrected chi connectivity index (χ4v) is 5.66. The first-order valence-corrected chi connectivity index (χ1v) is 16.3. The predicted octanol–water partition coefficient (Wildman–Crippen LogP) is 5.34. The van der Waals surface area contributed by atoms with Crippen LogP contribution in [-0.2, 0) is 27.5 Å². The number of likely N-dealkylation sites (tertiary alicyclic amines) is 1. The van der Waals surface area contributed by atoms with E-state index in [1.165, 1.54) is 44.6 Å². The van der Waals surface area contributed by atoms with Crippen LogP contribution < -0.4 is 15.6 Å². The number of halogens is 3. The molecule has 16 heteroatoms. The zero-order valence-electron chi connectivity index (χ0n) is 28.3. The monoisotopic (exact) mass is 723 g/mol. The predicted molar refractivity (Wildman–Crippen MR) is 183 cm³/mol. The third-order valence-electron chi connectivity index (χ3n) is 8.28. The molecule has 1 saturated heterocycles. The van der Waals surface area contributed by atoms with E-state index in [1.807, 2.05) is 0 Å². The van der Waals surface area contributed by atoms with Crippen molar-refractivity contribution >= 4 is 40.6 Å². The van der Waals surface area contributed by atoms with Crippen LogP contribution in [0.1, 0.15) is 36.9 Å². The standard InChI is InChI=1S/C36H36F3N5O8/c1-41(2)36(50)52-29(9-3-4-10-31(45)42-13-5-6-14-42)33(46)40-28-8-7-15-43(34(28)47)20-26-17-23-16-25(38)19-30(32(23)44(26)35(48)49)51-21-22-11-12-24(37)18-27(22)39/h4,7-8,10-12,15-19,29H,3,5-6,9,13-14,20-21H2,1-2H3,(H,40,46)(H,48,49)/b10-4+/t29-/m0/s1. The molecule has 0 spiro atoms. The normalized spacial score (nSPS) is 13.4. The van der Waals surface area contributed by atoms with Gasteiger partial charge in [-0.05, 0) is 68.2 Å². The molecule has 3 heterocycles. The van der Waals surface area contributed by atoms with E-state index in [2.05, 4.69) is 5.32 Å². The highest BCUT2D eigenvalue weighted by Gasteiger charge is 2.26. The second kappa shape index (κ2) is 16.3. The maximum atomic E-state index is 14.6. The van der Waals surface area contributed by atoms with Crippen molar-refractivity contribution in [1.29, 1.82) is 0 Å². The van der Waals surface area contributed by atoms with Gasteiger partial charge in [0.05, 0.1) is 12.2 Å². The Bertz CT molecular complexity index is 2090. The van der Waals surface area contributed by atoms with Crippen LogP contribution in [0.25, 0.3) is 10.9 Å². The number of carboxylic acid groups (broad SMARTS) is 1. The molecule has 0 bridgehead atoms. The fraction of sp³-hybridized carbons (Fsp3) is 0.306. The SMILES string of the molecule is CN(C)C(=O)O[C@@H](CC/C=C/C(=O)N1CCCC1)C(=O)Nc1cccn(Cc2cc3cc(F)cc(OCc4ccc(F)cc4F)c3n2C(=O)O)c1=O. The van der Waals surface area contributed by atoms with Crippen LogP contribution in [0, 0.1) is 17.5 Å². The summed E-state index contributed by atoms with van der Waals surface area (Å²) in [6.07, 6.45) is 2.81. The lowest BCUT2D eigenvalue weighted by atomic mass is 10.1. The molecule has 3 amide bonds. The molecule has 0 unspecified atom stereocenters. The molecule has 13 nitrogen and oxygen atoms in total. The Morgan fingerprint density at radius 1 is 1.02 bits per heavy atom. The molecule has 2 N–H and O–H groups in total. The Hall–Kier alpha value is -6.06. The van der Waals surface area contributed by atoms with Crippen molar-refractivity contribution in [3.8, 4) is 5.75 Å². The van der Waals surface area contributed by atoms with E-state index in [4.69, 9.17) is 9.47 Å². The number of pyridine rings is 1. The average molecular weight is 724 g/mol. The smallest absolute Gasteiger partial charge is 0.416 e. The summed E-state index contributed by atoms with van der Waals surface area (Å²) in [7, 11) is 2.88. The van der Waals surface area contributed by atoms with E-state index in [1.54, 1.807) is 11.0 Å². The van der Waals surface area contributed by atoms with E-state index in [0.717, 1.165) is 51.1 Å². The van der Waals surface area contributed by atoms with E-state index in [0.29, 0.717) is 19.2 Å². The number of benzene rings is 2. The number of carbonyl (C=O) groups excluding carboxylic acids is 3. The van der Waals surface area contributed by atoms with Crippen LogP contribution in [-0.4, -0.2) is 81.3 Å². The summed E-state index contributed by atoms with van der Waals surface area (Å²) >= 11 is 0. The molecule has 52 heavy (non-hydrogen) atoms. The van der Waals surface area contributed by atoms with Crippen LogP contribution in [0.15, 0.2) is 71.7 Å². The molecule has 1 atom stereocenters. The lowest BCUT2D eigenvalue weighted by Gasteiger charge is -2.20. The van der Waals surface area contributed by atoms with Gasteiger partial charge in [-0.2, -0.15) is 0 Å². The third-order valence-corrected chi connectivity index (χ3v) is 8.28. The molecular weight excluding hydrogens is 687 g/mol. The highest BCUT2D eigenvalue weighted by molar-refractivity contribution is 5.96. The summed E-state index contributed by atoms with van der Waals surface area (Å²) in [5.74, 6) is -3.69. The molecule has 0 saturated carbocycles. The molecule has 0 aliphatic carbocycles. The van der Waals surface area contributed by atoms with Gasteiger partial charge in [-0.1, -0.05) is 6.08 Å². The van der Waals surface area contributed by atoms with Gasteiger partial charge in [-0.15, -0.1) is 0 Å². The zero-order chi connectivity index (χ0) is 37.5. The number of amides is 3. The highest BCUT2D eigenvalue weighted by Crippen LogP contribution is 2.32. The minimum Gasteiger partial charge on any atom is -0.486 e. The number of aromatic nitrogens is 2. The number of allylic oxidation sites excluding steroid dienone is 1. The van der Waals surface area contributed by atoms with Crippen LogP contribution >= 0.6 is 0 Å². The van der Waals surface area contributed by atoms with E-state index in [-0.39, 0.29) is 58.9 Å². The van der Waals surface area contributed by atoms with Crippen LogP contribution in [0.5, 0.6) is 5.75 Å². The van der Waals surface area contributed by atoms with Gasteiger partial charge in [-0.25, -0.2) is 27.3 Å². The van der Waals surface area contributed by atoms with Crippen molar-refractivity contribution in [2.75, 3.05) is 32.5 Å². The fourth-order valence-electron chi connectivity index (χ4n) is 5.66. The number of fused-ring (bicyclic) bond motifs is 1. The van der Waals surface area contributed by atoms with Crippen molar-refractivity contribution in [2.24, 2.45) is 0 Å². The summed E-state index contributed by atoms with van der Waals surface area (Å²) in [6.45, 7) is 0.532. The number of hydrogen-bond donors (Lipinski definition) is 2. The van der Waals surface area contributed by atoms with E-state index < -0.39 is 53.8 Å². The van der Waals surface area contributed by atoms with Gasteiger partial charge < -0.3 is 34.3 Å². The number of anilines is 1. The zero-order valence-corrected chi connectivity index (χ0v) is 28.3. The molecule has 1 fully saturated rings. The minimum atomic E-state index is -1.49. The maximum Gasteiger partial charge on any atom is 0.416 e. The summed E-state index contributed by atoms with van der Waals surface area (Å²) in [6, 6.07) is 8.90. The first kappa shape index (κ1) is 37.2. The van der Waals surface area contributed by atoms with E-state index >= 15 is 0 Å². The van der Waals surface area contributed by atoms with Gasteiger partial charge in [0.2, 0.25) is 5.91 Å². The Labute approximate surface area is 295 Å². The Morgan fingerprint density at radius 2 is 1.77 bits per heavy atom. The molecular formula is C36H36F3N5O8. The van der Waals surface area contributed by atoms with Crippen LogP contribution in [0.2, 0.25) is 0 Å². The van der Waals surface area contributed by atoms with Crippen molar-refractivity contribution in [3.05, 3.63) is 106 Å². The highest BCUT2D eigenvalue weighted by atomic mass is 19.1. The minimum absolute atomic E-state index is 0.00367. The summed E-state index contributed by atoms with van der Waals surface area (Å²) in [5, 5.41) is 12.8. The Balaban J connectivity index is 1.36. The number of carbonyl (C=O) groups is 4. The molecule has 2 aromatic carbocycles.